The van der Waals surface area contributed by atoms with Gasteiger partial charge in [-0.25, -0.2) is 0 Å². The van der Waals surface area contributed by atoms with Crippen LogP contribution in [-0.2, 0) is 9.57 Å². The Morgan fingerprint density at radius 2 is 1.97 bits per heavy atom. The van der Waals surface area contributed by atoms with Crippen LogP contribution < -0.4 is 4.74 Å². The summed E-state index contributed by atoms with van der Waals surface area (Å²) in [6.07, 6.45) is 2.59. The zero-order chi connectivity index (χ0) is 22.0. The zero-order valence-corrected chi connectivity index (χ0v) is 18.6. The Labute approximate surface area is 186 Å². The topological polar surface area (TPSA) is 62.0 Å². The highest BCUT2D eigenvalue weighted by Crippen LogP contribution is 2.31. The summed E-state index contributed by atoms with van der Waals surface area (Å²) in [7, 11) is 1.62. The fourth-order valence-electron chi connectivity index (χ4n) is 3.94. The van der Waals surface area contributed by atoms with E-state index in [2.05, 4.69) is 5.16 Å². The van der Waals surface area contributed by atoms with E-state index in [1.54, 1.807) is 35.9 Å². The van der Waals surface area contributed by atoms with E-state index in [-0.39, 0.29) is 12.2 Å². The van der Waals surface area contributed by atoms with Gasteiger partial charge in [-0.3, -0.25) is 9.36 Å². The fourth-order valence-corrected chi connectivity index (χ4v) is 4.07. The third-order valence-electron chi connectivity index (χ3n) is 5.51. The number of methoxy groups -OCH3 is 1. The number of carbonyl (C=O) groups is 1. The normalized spacial score (nSPS) is 17.0. The monoisotopic (exact) mass is 440 g/mol. The summed E-state index contributed by atoms with van der Waals surface area (Å²) < 4.78 is 12.7. The fraction of sp³-hybridized carbons (Fsp3) is 0.333. The van der Waals surface area contributed by atoms with Crippen LogP contribution in [0.4, 0.5) is 0 Å². The maximum Gasteiger partial charge on any atom is 0.262 e. The van der Waals surface area contributed by atoms with E-state index in [1.165, 1.54) is 0 Å². The molecule has 6 nitrogen and oxygen atoms in total. The molecule has 0 amide bonds. The Morgan fingerprint density at radius 1 is 1.19 bits per heavy atom. The molecule has 1 fully saturated rings. The van der Waals surface area contributed by atoms with Gasteiger partial charge < -0.3 is 14.3 Å². The Hall–Kier alpha value is -2.83. The average molecular weight is 441 g/mol. The van der Waals surface area contributed by atoms with E-state index >= 15 is 0 Å². The number of oxime groups is 1. The van der Waals surface area contributed by atoms with Gasteiger partial charge in [0.2, 0.25) is 6.29 Å². The highest BCUT2D eigenvalue weighted by Gasteiger charge is 2.23. The van der Waals surface area contributed by atoms with Crippen LogP contribution in [-0.4, -0.2) is 36.2 Å². The molecule has 0 spiro atoms. The lowest BCUT2D eigenvalue weighted by Crippen LogP contribution is -2.20. The second-order valence-electron chi connectivity index (χ2n) is 7.57. The molecule has 1 aliphatic rings. The van der Waals surface area contributed by atoms with Crippen molar-refractivity contribution in [1.82, 2.24) is 4.57 Å². The van der Waals surface area contributed by atoms with Gasteiger partial charge in [0.05, 0.1) is 24.9 Å². The maximum absolute atomic E-state index is 13.4. The van der Waals surface area contributed by atoms with Gasteiger partial charge in [0, 0.05) is 33.7 Å². The second-order valence-corrected chi connectivity index (χ2v) is 8.01. The molecule has 2 heterocycles. The predicted molar refractivity (Wildman–Crippen MR) is 121 cm³/mol. The summed E-state index contributed by atoms with van der Waals surface area (Å²) in [5.74, 6) is 0.564. The van der Waals surface area contributed by atoms with Gasteiger partial charge in [-0.15, -0.1) is 0 Å². The number of carbonyl (C=O) groups excluding carboxylic acids is 1. The molecule has 4 rings (SSSR count). The van der Waals surface area contributed by atoms with Gasteiger partial charge in [0.25, 0.3) is 5.91 Å². The minimum atomic E-state index is -0.331. The quantitative estimate of drug-likeness (QED) is 0.384. The lowest BCUT2D eigenvalue weighted by molar-refractivity contribution is -0.162. The standard InChI is InChI=1S/C24H25ClN2O4/c1-15(26-31-22-6-4-5-13-30-22)23-16(2)27(21-12-11-19(29-3)14-20(21)23)24(28)17-7-9-18(25)10-8-17/h7-12,14,22H,4-6,13H2,1-3H3. The van der Waals surface area contributed by atoms with Crippen molar-refractivity contribution in [2.45, 2.75) is 39.4 Å². The molecule has 0 saturated carbocycles. The number of benzene rings is 2. The van der Waals surface area contributed by atoms with Crippen molar-refractivity contribution in [1.29, 1.82) is 0 Å². The van der Waals surface area contributed by atoms with Crippen molar-refractivity contribution in [2.75, 3.05) is 13.7 Å². The van der Waals surface area contributed by atoms with E-state index in [9.17, 15) is 4.79 Å². The number of hydrogen-bond donors (Lipinski definition) is 0. The molecule has 0 N–H and O–H groups in total. The molecule has 31 heavy (non-hydrogen) atoms. The summed E-state index contributed by atoms with van der Waals surface area (Å²) in [6.45, 7) is 4.47. The Bertz CT molecular complexity index is 1130. The van der Waals surface area contributed by atoms with Crippen molar-refractivity contribution in [3.8, 4) is 5.75 Å². The van der Waals surface area contributed by atoms with Crippen molar-refractivity contribution in [3.63, 3.8) is 0 Å². The Balaban J connectivity index is 1.79. The minimum Gasteiger partial charge on any atom is -0.497 e. The summed E-state index contributed by atoms with van der Waals surface area (Å²) in [5, 5.41) is 5.80. The van der Waals surface area contributed by atoms with E-state index in [0.717, 1.165) is 41.4 Å². The van der Waals surface area contributed by atoms with Crippen molar-refractivity contribution < 1.29 is 19.1 Å². The third kappa shape index (κ3) is 4.31. The van der Waals surface area contributed by atoms with Crippen molar-refractivity contribution in [3.05, 3.63) is 64.3 Å². The first-order valence-electron chi connectivity index (χ1n) is 10.3. The third-order valence-corrected chi connectivity index (χ3v) is 5.76. The van der Waals surface area contributed by atoms with Crippen LogP contribution in [0.2, 0.25) is 5.02 Å². The molecular formula is C24H25ClN2O4. The van der Waals surface area contributed by atoms with Crippen LogP contribution in [0.15, 0.2) is 47.6 Å². The first-order valence-corrected chi connectivity index (χ1v) is 10.7. The Kier molecular flexibility index (Phi) is 6.30. The SMILES string of the molecule is COc1ccc2c(c1)c(C(C)=NOC1CCCCO1)c(C)n2C(=O)c1ccc(Cl)cc1. The highest BCUT2D eigenvalue weighted by molar-refractivity contribution is 6.30. The van der Waals surface area contributed by atoms with Gasteiger partial charge in [-0.2, -0.15) is 0 Å². The summed E-state index contributed by atoms with van der Waals surface area (Å²) in [6, 6.07) is 12.5. The molecule has 1 aliphatic heterocycles. The van der Waals surface area contributed by atoms with E-state index in [4.69, 9.17) is 25.9 Å². The average Bonchev–Trinajstić information content (AvgIpc) is 3.09. The first-order chi connectivity index (χ1) is 15.0. The lowest BCUT2D eigenvalue weighted by atomic mass is 10.1. The largest absolute Gasteiger partial charge is 0.497 e. The molecular weight excluding hydrogens is 416 g/mol. The van der Waals surface area contributed by atoms with Gasteiger partial charge in [0.1, 0.15) is 5.75 Å². The van der Waals surface area contributed by atoms with Crippen LogP contribution in [0.25, 0.3) is 10.9 Å². The number of halogens is 1. The molecule has 7 heteroatoms. The molecule has 3 aromatic rings. The lowest BCUT2D eigenvalue weighted by Gasteiger charge is -2.20. The van der Waals surface area contributed by atoms with Gasteiger partial charge >= 0.3 is 0 Å². The number of ether oxygens (including phenoxy) is 2. The maximum atomic E-state index is 13.4. The molecule has 162 valence electrons. The van der Waals surface area contributed by atoms with E-state index in [0.29, 0.717) is 28.7 Å². The van der Waals surface area contributed by atoms with E-state index in [1.807, 2.05) is 32.0 Å². The molecule has 1 aromatic heterocycles. The van der Waals surface area contributed by atoms with Crippen LogP contribution in [0, 0.1) is 6.92 Å². The number of fused-ring (bicyclic) bond motifs is 1. The van der Waals surface area contributed by atoms with Crippen LogP contribution in [0.5, 0.6) is 5.75 Å². The highest BCUT2D eigenvalue weighted by atomic mass is 35.5. The molecule has 1 atom stereocenters. The van der Waals surface area contributed by atoms with Crippen molar-refractivity contribution in [2.24, 2.45) is 5.16 Å². The zero-order valence-electron chi connectivity index (χ0n) is 17.9. The smallest absolute Gasteiger partial charge is 0.262 e. The first kappa shape index (κ1) is 21.4. The molecule has 0 aliphatic carbocycles. The number of rotatable bonds is 5. The van der Waals surface area contributed by atoms with Crippen LogP contribution in [0.1, 0.15) is 47.8 Å². The summed E-state index contributed by atoms with van der Waals surface area (Å²) in [5.41, 5.74) is 3.61. The number of nitrogens with zero attached hydrogens (tertiary/aromatic N) is 2. The van der Waals surface area contributed by atoms with Gasteiger partial charge in [-0.1, -0.05) is 16.8 Å². The van der Waals surface area contributed by atoms with Crippen LogP contribution >= 0.6 is 11.6 Å². The predicted octanol–water partition coefficient (Wildman–Crippen LogP) is 5.57. The van der Waals surface area contributed by atoms with E-state index < -0.39 is 0 Å². The summed E-state index contributed by atoms with van der Waals surface area (Å²) >= 11 is 5.99. The Morgan fingerprint density at radius 3 is 2.65 bits per heavy atom. The molecule has 1 unspecified atom stereocenters. The van der Waals surface area contributed by atoms with Crippen LogP contribution in [0.3, 0.4) is 0 Å². The second kappa shape index (κ2) is 9.12. The minimum absolute atomic E-state index is 0.139. The number of hydrogen-bond acceptors (Lipinski definition) is 5. The molecule has 0 radical (unpaired) electrons. The van der Waals surface area contributed by atoms with Gasteiger partial charge in [0.15, 0.2) is 0 Å². The molecule has 0 bridgehead atoms. The molecule has 1 saturated heterocycles. The molecule has 2 aromatic carbocycles. The van der Waals surface area contributed by atoms with Gasteiger partial charge in [-0.05, 0) is 69.2 Å². The van der Waals surface area contributed by atoms with Crippen molar-refractivity contribution >= 4 is 34.1 Å². The number of aromatic nitrogens is 1. The summed E-state index contributed by atoms with van der Waals surface area (Å²) in [4.78, 5) is 19.0.